The largest absolute Gasteiger partial charge is 0.497 e. The summed E-state index contributed by atoms with van der Waals surface area (Å²) in [6.07, 6.45) is 1.72. The molecule has 4 aromatic rings. The third kappa shape index (κ3) is 4.73. The van der Waals surface area contributed by atoms with Crippen molar-refractivity contribution >= 4 is 38.6 Å². The Hall–Kier alpha value is -4.27. The van der Waals surface area contributed by atoms with Crippen molar-refractivity contribution in [1.82, 2.24) is 9.97 Å². The van der Waals surface area contributed by atoms with E-state index in [1.54, 1.807) is 32.4 Å². The van der Waals surface area contributed by atoms with Gasteiger partial charge in [0.25, 0.3) is 0 Å². The van der Waals surface area contributed by atoms with Crippen LogP contribution in [0.1, 0.15) is 22.5 Å². The monoisotopic (exact) mass is 514 g/mol. The Morgan fingerprint density at radius 2 is 1.91 bits per heavy atom. The molecule has 0 aliphatic rings. The number of nitriles is 2. The van der Waals surface area contributed by atoms with E-state index < -0.39 is 0 Å². The van der Waals surface area contributed by atoms with Crippen molar-refractivity contribution in [3.8, 4) is 29.4 Å². The molecule has 3 aromatic carbocycles. The Balaban J connectivity index is 1.65. The molecule has 1 aromatic heterocycles. The number of hydrogen-bond acceptors (Lipinski definition) is 6. The van der Waals surface area contributed by atoms with E-state index in [0.717, 1.165) is 22.2 Å². The van der Waals surface area contributed by atoms with Gasteiger partial charge < -0.3 is 19.2 Å². The Kier molecular flexibility index (Phi) is 6.82. The Morgan fingerprint density at radius 1 is 1.09 bits per heavy atom. The van der Waals surface area contributed by atoms with Crippen molar-refractivity contribution in [3.05, 3.63) is 81.6 Å². The van der Waals surface area contributed by atoms with Gasteiger partial charge in [0.15, 0.2) is 11.5 Å². The van der Waals surface area contributed by atoms with Gasteiger partial charge in [-0.2, -0.15) is 10.5 Å². The number of nitrogens with one attached hydrogen (secondary N) is 1. The van der Waals surface area contributed by atoms with Crippen LogP contribution >= 0.6 is 15.9 Å². The lowest BCUT2D eigenvalue weighted by atomic mass is 10.1. The summed E-state index contributed by atoms with van der Waals surface area (Å²) >= 11 is 3.54. The van der Waals surface area contributed by atoms with E-state index in [4.69, 9.17) is 14.2 Å². The molecule has 1 heterocycles. The number of fused-ring (bicyclic) bond motifs is 1. The zero-order valence-corrected chi connectivity index (χ0v) is 20.0. The third-order valence-electron chi connectivity index (χ3n) is 5.14. The second-order valence-electron chi connectivity index (χ2n) is 7.23. The van der Waals surface area contributed by atoms with Crippen molar-refractivity contribution in [2.75, 3.05) is 14.2 Å². The minimum atomic E-state index is 0.208. The summed E-state index contributed by atoms with van der Waals surface area (Å²) in [6.45, 7) is 0.208. The van der Waals surface area contributed by atoms with E-state index in [0.29, 0.717) is 38.7 Å². The molecule has 34 heavy (non-hydrogen) atoms. The number of hydrogen-bond donors (Lipinski definition) is 1. The highest BCUT2D eigenvalue weighted by atomic mass is 79.9. The highest BCUT2D eigenvalue weighted by molar-refractivity contribution is 9.10. The molecule has 0 aliphatic carbocycles. The second kappa shape index (κ2) is 10.1. The number of allylic oxidation sites excluding steroid dienone is 1. The highest BCUT2D eigenvalue weighted by Gasteiger charge is 2.14. The molecule has 0 radical (unpaired) electrons. The summed E-state index contributed by atoms with van der Waals surface area (Å²) in [5.41, 5.74) is 3.92. The average molecular weight is 515 g/mol. The van der Waals surface area contributed by atoms with Gasteiger partial charge in [-0.1, -0.05) is 18.2 Å². The average Bonchev–Trinajstić information content (AvgIpc) is 3.29. The second-order valence-corrected chi connectivity index (χ2v) is 8.08. The van der Waals surface area contributed by atoms with Gasteiger partial charge in [-0.25, -0.2) is 4.98 Å². The molecule has 0 amide bonds. The highest BCUT2D eigenvalue weighted by Crippen LogP contribution is 2.38. The van der Waals surface area contributed by atoms with Crippen LogP contribution in [0.25, 0.3) is 22.7 Å². The van der Waals surface area contributed by atoms with E-state index in [1.165, 1.54) is 0 Å². The van der Waals surface area contributed by atoms with E-state index in [2.05, 4.69) is 38.0 Å². The lowest BCUT2D eigenvalue weighted by Crippen LogP contribution is -2.01. The van der Waals surface area contributed by atoms with Crippen LogP contribution in [-0.4, -0.2) is 24.2 Å². The van der Waals surface area contributed by atoms with Gasteiger partial charge in [0.2, 0.25) is 0 Å². The zero-order chi connectivity index (χ0) is 24.1. The van der Waals surface area contributed by atoms with E-state index in [-0.39, 0.29) is 6.61 Å². The number of H-pyrrole nitrogens is 1. The van der Waals surface area contributed by atoms with E-state index in [1.807, 2.05) is 42.5 Å². The van der Waals surface area contributed by atoms with Gasteiger partial charge in [0.1, 0.15) is 24.3 Å². The van der Waals surface area contributed by atoms with E-state index in [9.17, 15) is 10.5 Å². The molecule has 0 atom stereocenters. The molecule has 7 nitrogen and oxygen atoms in total. The number of benzene rings is 3. The molecular weight excluding hydrogens is 496 g/mol. The summed E-state index contributed by atoms with van der Waals surface area (Å²) in [5, 5.41) is 19.1. The van der Waals surface area contributed by atoms with Gasteiger partial charge in [-0.05, 0) is 57.9 Å². The number of halogens is 1. The Labute approximate surface area is 205 Å². The van der Waals surface area contributed by atoms with Crippen molar-refractivity contribution < 1.29 is 14.2 Å². The number of imidazole rings is 1. The molecule has 0 saturated heterocycles. The standard InChI is InChI=1S/C26H19BrN4O3/c1-32-20-7-8-22-23(12-20)31-26(30-22)19(14-29)9-16-10-21(27)25(24(11-16)33-2)34-15-18-6-4-3-5-17(18)13-28/h3-12H,15H2,1-2H3,(H,30,31)/b19-9+. The maximum atomic E-state index is 9.78. The summed E-state index contributed by atoms with van der Waals surface area (Å²) < 4.78 is 17.4. The predicted octanol–water partition coefficient (Wildman–Crippen LogP) is 5.86. The lowest BCUT2D eigenvalue weighted by Gasteiger charge is -2.14. The smallest absolute Gasteiger partial charge is 0.175 e. The summed E-state index contributed by atoms with van der Waals surface area (Å²) in [6, 6.07) is 20.7. The molecular formula is C26H19BrN4O3. The quantitative estimate of drug-likeness (QED) is 0.310. The third-order valence-corrected chi connectivity index (χ3v) is 5.73. The minimum Gasteiger partial charge on any atom is -0.497 e. The van der Waals surface area contributed by atoms with Gasteiger partial charge in [-0.15, -0.1) is 0 Å². The summed E-state index contributed by atoms with van der Waals surface area (Å²) in [5.74, 6) is 2.14. The summed E-state index contributed by atoms with van der Waals surface area (Å²) in [4.78, 5) is 7.69. The molecule has 0 unspecified atom stereocenters. The predicted molar refractivity (Wildman–Crippen MR) is 132 cm³/mol. The lowest BCUT2D eigenvalue weighted by molar-refractivity contribution is 0.282. The van der Waals surface area contributed by atoms with Gasteiger partial charge in [0, 0.05) is 11.6 Å². The number of rotatable bonds is 7. The number of methoxy groups -OCH3 is 2. The molecule has 8 heteroatoms. The molecule has 0 fully saturated rings. The van der Waals surface area contributed by atoms with Crippen LogP contribution in [-0.2, 0) is 6.61 Å². The Morgan fingerprint density at radius 3 is 2.65 bits per heavy atom. The molecule has 4 rings (SSSR count). The molecule has 1 N–H and O–H groups in total. The molecule has 0 saturated carbocycles. The fourth-order valence-electron chi connectivity index (χ4n) is 3.43. The molecule has 168 valence electrons. The van der Waals surface area contributed by atoms with Crippen LogP contribution < -0.4 is 14.2 Å². The first-order chi connectivity index (χ1) is 16.6. The minimum absolute atomic E-state index is 0.208. The fraction of sp³-hybridized carbons (Fsp3) is 0.115. The van der Waals surface area contributed by atoms with Crippen LogP contribution in [0.15, 0.2) is 59.1 Å². The Bertz CT molecular complexity index is 1480. The maximum Gasteiger partial charge on any atom is 0.175 e. The first-order valence-electron chi connectivity index (χ1n) is 10.2. The van der Waals surface area contributed by atoms with Crippen LogP contribution in [0.5, 0.6) is 17.2 Å². The van der Waals surface area contributed by atoms with Crippen LogP contribution in [0.4, 0.5) is 0 Å². The molecule has 0 aliphatic heterocycles. The van der Waals surface area contributed by atoms with E-state index >= 15 is 0 Å². The van der Waals surface area contributed by atoms with Gasteiger partial charge in [0.05, 0.1) is 46.9 Å². The van der Waals surface area contributed by atoms with Crippen molar-refractivity contribution in [3.63, 3.8) is 0 Å². The van der Waals surface area contributed by atoms with Gasteiger partial charge >= 0.3 is 0 Å². The van der Waals surface area contributed by atoms with Crippen LogP contribution in [0.3, 0.4) is 0 Å². The number of nitrogens with zero attached hydrogens (tertiary/aromatic N) is 3. The van der Waals surface area contributed by atoms with Crippen LogP contribution in [0.2, 0.25) is 0 Å². The van der Waals surface area contributed by atoms with Crippen molar-refractivity contribution in [2.24, 2.45) is 0 Å². The van der Waals surface area contributed by atoms with Crippen molar-refractivity contribution in [2.45, 2.75) is 6.61 Å². The molecule has 0 bridgehead atoms. The topological polar surface area (TPSA) is 104 Å². The number of aromatic amines is 1. The number of ether oxygens (including phenoxy) is 3. The SMILES string of the molecule is COc1ccc2nc(/C(C#N)=C/c3cc(Br)c(OCc4ccccc4C#N)c(OC)c3)[nH]c2c1. The fourth-order valence-corrected chi connectivity index (χ4v) is 4.01. The molecule has 0 spiro atoms. The van der Waals surface area contributed by atoms with Crippen LogP contribution in [0, 0.1) is 22.7 Å². The van der Waals surface area contributed by atoms with Crippen molar-refractivity contribution in [1.29, 1.82) is 10.5 Å². The first-order valence-corrected chi connectivity index (χ1v) is 11.0. The summed E-state index contributed by atoms with van der Waals surface area (Å²) in [7, 11) is 3.14. The normalized spacial score (nSPS) is 11.0. The zero-order valence-electron chi connectivity index (χ0n) is 18.4. The first kappa shape index (κ1) is 22.9. The maximum absolute atomic E-state index is 9.78. The van der Waals surface area contributed by atoms with Gasteiger partial charge in [-0.3, -0.25) is 0 Å². The number of aromatic nitrogens is 2.